The number of rotatable bonds is 5. The van der Waals surface area contributed by atoms with E-state index in [1.807, 2.05) is 0 Å². The van der Waals surface area contributed by atoms with Crippen LogP contribution >= 0.6 is 0 Å². The average Bonchev–Trinajstić information content (AvgIpc) is 2.41. The number of non-ortho nitro benzene ring substituents is 1. The van der Waals surface area contributed by atoms with Crippen molar-refractivity contribution in [2.45, 2.75) is 38.3 Å². The number of carbonyl (C=O) groups is 1. The SMILES string of the molecule is O=C(O)CC1CCCCN1Cc1ccc([N+](=O)[O-])cc1. The molecule has 1 unspecified atom stereocenters. The molecule has 1 saturated heterocycles. The highest BCUT2D eigenvalue weighted by Gasteiger charge is 2.24. The van der Waals surface area contributed by atoms with E-state index in [1.54, 1.807) is 12.1 Å². The summed E-state index contributed by atoms with van der Waals surface area (Å²) in [5.41, 5.74) is 1.06. The lowest BCUT2D eigenvalue weighted by molar-refractivity contribution is -0.384. The minimum absolute atomic E-state index is 0.0661. The summed E-state index contributed by atoms with van der Waals surface area (Å²) in [5.74, 6) is -0.773. The van der Waals surface area contributed by atoms with Gasteiger partial charge in [0.05, 0.1) is 11.3 Å². The number of piperidine rings is 1. The normalized spacial score (nSPS) is 19.7. The van der Waals surface area contributed by atoms with Crippen molar-refractivity contribution in [2.75, 3.05) is 6.54 Å². The summed E-state index contributed by atoms with van der Waals surface area (Å²) in [4.78, 5) is 23.2. The van der Waals surface area contributed by atoms with Gasteiger partial charge < -0.3 is 5.11 Å². The van der Waals surface area contributed by atoms with E-state index in [-0.39, 0.29) is 18.2 Å². The molecule has 0 aromatic heterocycles. The molecular formula is C14H18N2O4. The van der Waals surface area contributed by atoms with Crippen molar-refractivity contribution in [1.82, 2.24) is 4.90 Å². The summed E-state index contributed by atoms with van der Waals surface area (Å²) < 4.78 is 0. The van der Waals surface area contributed by atoms with Crippen molar-refractivity contribution < 1.29 is 14.8 Å². The summed E-state index contributed by atoms with van der Waals surface area (Å²) in [7, 11) is 0. The second-order valence-electron chi connectivity index (χ2n) is 5.14. The number of aliphatic carboxylic acids is 1. The van der Waals surface area contributed by atoms with E-state index in [4.69, 9.17) is 5.11 Å². The fourth-order valence-electron chi connectivity index (χ4n) is 2.66. The van der Waals surface area contributed by atoms with Crippen LogP contribution in [0.1, 0.15) is 31.2 Å². The lowest BCUT2D eigenvalue weighted by Gasteiger charge is -2.34. The van der Waals surface area contributed by atoms with Crippen LogP contribution < -0.4 is 0 Å². The first kappa shape index (κ1) is 14.5. The highest BCUT2D eigenvalue weighted by molar-refractivity contribution is 5.67. The van der Waals surface area contributed by atoms with Crippen LogP contribution in [0.5, 0.6) is 0 Å². The molecule has 1 aliphatic heterocycles. The van der Waals surface area contributed by atoms with Gasteiger partial charge in [0.1, 0.15) is 0 Å². The van der Waals surface area contributed by atoms with Gasteiger partial charge in [0, 0.05) is 24.7 Å². The zero-order valence-electron chi connectivity index (χ0n) is 11.2. The van der Waals surface area contributed by atoms with Crippen molar-refractivity contribution in [3.8, 4) is 0 Å². The van der Waals surface area contributed by atoms with Crippen molar-refractivity contribution in [2.24, 2.45) is 0 Å². The molecule has 1 atom stereocenters. The summed E-state index contributed by atoms with van der Waals surface area (Å²) in [6.45, 7) is 1.53. The van der Waals surface area contributed by atoms with E-state index in [1.165, 1.54) is 12.1 Å². The summed E-state index contributed by atoms with van der Waals surface area (Å²) in [6, 6.07) is 6.53. The maximum Gasteiger partial charge on any atom is 0.304 e. The molecule has 0 amide bonds. The highest BCUT2D eigenvalue weighted by Crippen LogP contribution is 2.22. The van der Waals surface area contributed by atoms with E-state index in [0.29, 0.717) is 6.54 Å². The van der Waals surface area contributed by atoms with Gasteiger partial charge in [-0.3, -0.25) is 19.8 Å². The second kappa shape index (κ2) is 6.47. The standard InChI is InChI=1S/C14H18N2O4/c17-14(18)9-13-3-1-2-8-15(13)10-11-4-6-12(7-5-11)16(19)20/h4-7,13H,1-3,8-10H2,(H,17,18). The number of likely N-dealkylation sites (tertiary alicyclic amines) is 1. The lowest BCUT2D eigenvalue weighted by Crippen LogP contribution is -2.40. The quantitative estimate of drug-likeness (QED) is 0.660. The average molecular weight is 278 g/mol. The predicted molar refractivity (Wildman–Crippen MR) is 73.4 cm³/mol. The Labute approximate surface area is 117 Å². The third kappa shape index (κ3) is 3.77. The van der Waals surface area contributed by atoms with Gasteiger partial charge in [0.15, 0.2) is 0 Å². The zero-order chi connectivity index (χ0) is 14.5. The molecule has 0 saturated carbocycles. The number of carboxylic acids is 1. The second-order valence-corrected chi connectivity index (χ2v) is 5.14. The molecule has 0 spiro atoms. The summed E-state index contributed by atoms with van der Waals surface area (Å²) in [6.07, 6.45) is 3.20. The van der Waals surface area contributed by atoms with Crippen LogP contribution in [0.25, 0.3) is 0 Å². The summed E-state index contributed by atoms with van der Waals surface area (Å²) >= 11 is 0. The Balaban J connectivity index is 2.02. The van der Waals surface area contributed by atoms with Crippen LogP contribution in [0, 0.1) is 10.1 Å². The maximum atomic E-state index is 10.9. The van der Waals surface area contributed by atoms with Crippen LogP contribution in [-0.2, 0) is 11.3 Å². The molecule has 1 aliphatic rings. The number of hydrogen-bond acceptors (Lipinski definition) is 4. The fourth-order valence-corrected chi connectivity index (χ4v) is 2.66. The number of nitro groups is 1. The van der Waals surface area contributed by atoms with Crippen molar-refractivity contribution in [1.29, 1.82) is 0 Å². The minimum Gasteiger partial charge on any atom is -0.481 e. The van der Waals surface area contributed by atoms with Gasteiger partial charge in [-0.2, -0.15) is 0 Å². The molecule has 1 heterocycles. The Kier molecular flexibility index (Phi) is 4.68. The van der Waals surface area contributed by atoms with E-state index in [2.05, 4.69) is 4.90 Å². The van der Waals surface area contributed by atoms with Crippen LogP contribution in [-0.4, -0.2) is 33.5 Å². The first-order valence-corrected chi connectivity index (χ1v) is 6.75. The molecule has 0 aliphatic carbocycles. The Hall–Kier alpha value is -1.95. The number of nitro benzene ring substituents is 1. The number of benzene rings is 1. The van der Waals surface area contributed by atoms with Crippen LogP contribution in [0.2, 0.25) is 0 Å². The highest BCUT2D eigenvalue weighted by atomic mass is 16.6. The molecular weight excluding hydrogens is 260 g/mol. The van der Waals surface area contributed by atoms with Gasteiger partial charge in [-0.05, 0) is 24.9 Å². The number of nitrogens with zero attached hydrogens (tertiary/aromatic N) is 2. The minimum atomic E-state index is -0.773. The molecule has 1 fully saturated rings. The smallest absolute Gasteiger partial charge is 0.304 e. The molecule has 6 nitrogen and oxygen atoms in total. The lowest BCUT2D eigenvalue weighted by atomic mass is 9.98. The Morgan fingerprint density at radius 3 is 2.65 bits per heavy atom. The maximum absolute atomic E-state index is 10.9. The van der Waals surface area contributed by atoms with Gasteiger partial charge >= 0.3 is 5.97 Å². The van der Waals surface area contributed by atoms with Gasteiger partial charge in [0.25, 0.3) is 5.69 Å². The molecule has 0 bridgehead atoms. The van der Waals surface area contributed by atoms with Gasteiger partial charge in [0.2, 0.25) is 0 Å². The third-order valence-electron chi connectivity index (χ3n) is 3.69. The van der Waals surface area contributed by atoms with Gasteiger partial charge in [-0.15, -0.1) is 0 Å². The molecule has 0 radical (unpaired) electrons. The zero-order valence-corrected chi connectivity index (χ0v) is 11.2. The van der Waals surface area contributed by atoms with Crippen LogP contribution in [0.3, 0.4) is 0 Å². The van der Waals surface area contributed by atoms with Gasteiger partial charge in [-0.1, -0.05) is 18.6 Å². The van der Waals surface area contributed by atoms with Crippen molar-refractivity contribution in [3.05, 3.63) is 39.9 Å². The number of carboxylic acid groups (broad SMARTS) is 1. The first-order chi connectivity index (χ1) is 9.56. The van der Waals surface area contributed by atoms with E-state index in [0.717, 1.165) is 31.4 Å². The molecule has 108 valence electrons. The topological polar surface area (TPSA) is 83.7 Å². The third-order valence-corrected chi connectivity index (χ3v) is 3.69. The predicted octanol–water partition coefficient (Wildman–Crippen LogP) is 2.42. The Morgan fingerprint density at radius 2 is 2.05 bits per heavy atom. The molecule has 20 heavy (non-hydrogen) atoms. The molecule has 1 aromatic carbocycles. The van der Waals surface area contributed by atoms with E-state index >= 15 is 0 Å². The largest absolute Gasteiger partial charge is 0.481 e. The molecule has 1 N–H and O–H groups in total. The van der Waals surface area contributed by atoms with E-state index < -0.39 is 10.9 Å². The molecule has 6 heteroatoms. The molecule has 2 rings (SSSR count). The molecule has 1 aromatic rings. The monoisotopic (exact) mass is 278 g/mol. The number of hydrogen-bond donors (Lipinski definition) is 1. The van der Waals surface area contributed by atoms with Crippen LogP contribution in [0.4, 0.5) is 5.69 Å². The van der Waals surface area contributed by atoms with E-state index in [9.17, 15) is 14.9 Å². The van der Waals surface area contributed by atoms with Crippen molar-refractivity contribution in [3.63, 3.8) is 0 Å². The van der Waals surface area contributed by atoms with Crippen LogP contribution in [0.15, 0.2) is 24.3 Å². The van der Waals surface area contributed by atoms with Gasteiger partial charge in [-0.25, -0.2) is 0 Å². The van der Waals surface area contributed by atoms with Crippen molar-refractivity contribution >= 4 is 11.7 Å². The fraction of sp³-hybridized carbons (Fsp3) is 0.500. The Bertz CT molecular complexity index is 486. The first-order valence-electron chi connectivity index (χ1n) is 6.75. The Morgan fingerprint density at radius 1 is 1.35 bits per heavy atom. The summed E-state index contributed by atoms with van der Waals surface area (Å²) in [5, 5.41) is 19.6.